The van der Waals surface area contributed by atoms with Gasteiger partial charge >= 0.3 is 0 Å². The summed E-state index contributed by atoms with van der Waals surface area (Å²) in [4.78, 5) is 13.0. The van der Waals surface area contributed by atoms with Gasteiger partial charge in [0, 0.05) is 4.88 Å². The molecular weight excluding hydrogens is 292 g/mol. The number of carbonyl (C=O) groups is 1. The molecular formula is C15H11ClN2OS. The Labute approximate surface area is 126 Å². The smallest absolute Gasteiger partial charge is 0.266 e. The van der Waals surface area contributed by atoms with Gasteiger partial charge in [0.15, 0.2) is 0 Å². The maximum Gasteiger partial charge on any atom is 0.266 e. The second kappa shape index (κ2) is 6.38. The molecule has 0 bridgehead atoms. The second-order valence-corrected chi connectivity index (χ2v) is 5.43. The molecule has 0 atom stereocenters. The molecule has 1 amide bonds. The molecule has 1 heterocycles. The van der Waals surface area contributed by atoms with E-state index in [0.717, 1.165) is 10.4 Å². The van der Waals surface area contributed by atoms with Gasteiger partial charge in [0.1, 0.15) is 11.6 Å². The summed E-state index contributed by atoms with van der Waals surface area (Å²) in [5.41, 5.74) is 1.58. The number of anilines is 1. The molecule has 1 aromatic carbocycles. The van der Waals surface area contributed by atoms with E-state index in [1.165, 1.54) is 11.3 Å². The number of rotatable bonds is 3. The summed E-state index contributed by atoms with van der Waals surface area (Å²) in [5, 5.41) is 14.1. The van der Waals surface area contributed by atoms with E-state index in [0.29, 0.717) is 10.7 Å². The normalized spacial score (nSPS) is 10.9. The minimum Gasteiger partial charge on any atom is -0.320 e. The Morgan fingerprint density at radius 2 is 2.15 bits per heavy atom. The number of thiophene rings is 1. The van der Waals surface area contributed by atoms with E-state index in [1.807, 2.05) is 24.4 Å². The van der Waals surface area contributed by atoms with Crippen LogP contribution in [0.5, 0.6) is 0 Å². The topological polar surface area (TPSA) is 52.9 Å². The number of nitriles is 1. The zero-order chi connectivity index (χ0) is 14.5. The van der Waals surface area contributed by atoms with Crippen molar-refractivity contribution in [2.24, 2.45) is 0 Å². The van der Waals surface area contributed by atoms with E-state index >= 15 is 0 Å². The molecule has 2 aromatic rings. The number of benzene rings is 1. The number of hydrogen-bond donors (Lipinski definition) is 1. The molecule has 0 unspecified atom stereocenters. The second-order valence-electron chi connectivity index (χ2n) is 4.07. The molecule has 0 saturated carbocycles. The Kier molecular flexibility index (Phi) is 4.57. The van der Waals surface area contributed by atoms with Gasteiger partial charge in [-0.1, -0.05) is 23.7 Å². The average molecular weight is 303 g/mol. The molecule has 100 valence electrons. The third kappa shape index (κ3) is 3.27. The lowest BCUT2D eigenvalue weighted by Crippen LogP contribution is -2.13. The SMILES string of the molecule is Cc1ccsc1/C=C(\C#N)C(=O)Nc1ccccc1Cl. The highest BCUT2D eigenvalue weighted by Crippen LogP contribution is 2.22. The van der Waals surface area contributed by atoms with Gasteiger partial charge in [-0.15, -0.1) is 11.3 Å². The number of nitrogens with zero attached hydrogens (tertiary/aromatic N) is 1. The van der Waals surface area contributed by atoms with Crippen molar-refractivity contribution in [3.8, 4) is 6.07 Å². The van der Waals surface area contributed by atoms with Crippen molar-refractivity contribution in [1.82, 2.24) is 0 Å². The number of halogens is 1. The lowest BCUT2D eigenvalue weighted by molar-refractivity contribution is -0.112. The minimum absolute atomic E-state index is 0.0514. The third-order valence-corrected chi connectivity index (χ3v) is 3.96. The molecule has 1 aromatic heterocycles. The van der Waals surface area contributed by atoms with Crippen molar-refractivity contribution >= 4 is 40.6 Å². The molecule has 1 N–H and O–H groups in total. The van der Waals surface area contributed by atoms with E-state index in [9.17, 15) is 4.79 Å². The summed E-state index contributed by atoms with van der Waals surface area (Å²) in [5.74, 6) is -0.464. The van der Waals surface area contributed by atoms with Gasteiger partial charge in [0.2, 0.25) is 0 Å². The largest absolute Gasteiger partial charge is 0.320 e. The highest BCUT2D eigenvalue weighted by Gasteiger charge is 2.12. The molecule has 20 heavy (non-hydrogen) atoms. The fourth-order valence-electron chi connectivity index (χ4n) is 1.56. The van der Waals surface area contributed by atoms with E-state index in [-0.39, 0.29) is 5.57 Å². The number of amides is 1. The van der Waals surface area contributed by atoms with Gasteiger partial charge in [0.25, 0.3) is 5.91 Å². The molecule has 0 aliphatic carbocycles. The molecule has 0 saturated heterocycles. The van der Waals surface area contributed by atoms with Crippen LogP contribution in [-0.2, 0) is 4.79 Å². The van der Waals surface area contributed by atoms with E-state index in [2.05, 4.69) is 5.32 Å². The highest BCUT2D eigenvalue weighted by atomic mass is 35.5. The zero-order valence-electron chi connectivity index (χ0n) is 10.7. The molecule has 0 radical (unpaired) electrons. The van der Waals surface area contributed by atoms with Crippen LogP contribution in [0.3, 0.4) is 0 Å². The van der Waals surface area contributed by atoms with Gasteiger partial charge in [-0.2, -0.15) is 5.26 Å². The predicted molar refractivity (Wildman–Crippen MR) is 82.7 cm³/mol. The summed E-state index contributed by atoms with van der Waals surface area (Å²) in [7, 11) is 0. The number of para-hydroxylation sites is 1. The highest BCUT2D eigenvalue weighted by molar-refractivity contribution is 7.11. The van der Waals surface area contributed by atoms with Crippen molar-refractivity contribution in [2.45, 2.75) is 6.92 Å². The summed E-state index contributed by atoms with van der Waals surface area (Å²) < 4.78 is 0. The van der Waals surface area contributed by atoms with Gasteiger partial charge in [0.05, 0.1) is 10.7 Å². The summed E-state index contributed by atoms with van der Waals surface area (Å²) in [6.45, 7) is 1.93. The molecule has 0 aliphatic rings. The van der Waals surface area contributed by atoms with Crippen LogP contribution in [0, 0.1) is 18.3 Å². The van der Waals surface area contributed by atoms with Crippen LogP contribution in [-0.4, -0.2) is 5.91 Å². The standard InChI is InChI=1S/C15H11ClN2OS/c1-10-6-7-20-14(10)8-11(9-17)15(19)18-13-5-3-2-4-12(13)16/h2-8H,1H3,(H,18,19)/b11-8+. The lowest BCUT2D eigenvalue weighted by Gasteiger charge is -2.05. The summed E-state index contributed by atoms with van der Waals surface area (Å²) >= 11 is 7.46. The van der Waals surface area contributed by atoms with Crippen LogP contribution in [0.25, 0.3) is 6.08 Å². The fraction of sp³-hybridized carbons (Fsp3) is 0.0667. The van der Waals surface area contributed by atoms with Crippen LogP contribution in [0.2, 0.25) is 5.02 Å². The predicted octanol–water partition coefficient (Wildman–Crippen LogP) is 4.26. The Balaban J connectivity index is 2.23. The Bertz CT molecular complexity index is 713. The fourth-order valence-corrected chi connectivity index (χ4v) is 2.61. The lowest BCUT2D eigenvalue weighted by atomic mass is 10.2. The number of hydrogen-bond acceptors (Lipinski definition) is 3. The molecule has 5 heteroatoms. The zero-order valence-corrected chi connectivity index (χ0v) is 12.3. The van der Waals surface area contributed by atoms with Crippen molar-refractivity contribution in [3.05, 3.63) is 56.7 Å². The van der Waals surface area contributed by atoms with Crippen LogP contribution in [0.15, 0.2) is 41.3 Å². The van der Waals surface area contributed by atoms with Gasteiger partial charge < -0.3 is 5.32 Å². The van der Waals surface area contributed by atoms with Gasteiger partial charge in [-0.05, 0) is 42.1 Å². The van der Waals surface area contributed by atoms with E-state index in [1.54, 1.807) is 30.3 Å². The molecule has 0 spiro atoms. The third-order valence-electron chi connectivity index (χ3n) is 2.66. The number of carbonyl (C=O) groups excluding carboxylic acids is 1. The summed E-state index contributed by atoms with van der Waals surface area (Å²) in [6, 6.07) is 10.8. The minimum atomic E-state index is -0.464. The van der Waals surface area contributed by atoms with E-state index < -0.39 is 5.91 Å². The van der Waals surface area contributed by atoms with Crippen molar-refractivity contribution < 1.29 is 4.79 Å². The Morgan fingerprint density at radius 1 is 1.40 bits per heavy atom. The van der Waals surface area contributed by atoms with Crippen molar-refractivity contribution in [3.63, 3.8) is 0 Å². The van der Waals surface area contributed by atoms with Gasteiger partial charge in [-0.3, -0.25) is 4.79 Å². The Morgan fingerprint density at radius 3 is 2.75 bits per heavy atom. The monoisotopic (exact) mass is 302 g/mol. The quantitative estimate of drug-likeness (QED) is 0.680. The first kappa shape index (κ1) is 14.3. The van der Waals surface area contributed by atoms with Crippen LogP contribution >= 0.6 is 22.9 Å². The van der Waals surface area contributed by atoms with E-state index in [4.69, 9.17) is 16.9 Å². The number of nitrogens with one attached hydrogen (secondary N) is 1. The van der Waals surface area contributed by atoms with Crippen LogP contribution in [0.4, 0.5) is 5.69 Å². The van der Waals surface area contributed by atoms with Crippen molar-refractivity contribution in [1.29, 1.82) is 5.26 Å². The molecule has 0 fully saturated rings. The van der Waals surface area contributed by atoms with Crippen LogP contribution in [0.1, 0.15) is 10.4 Å². The molecule has 2 rings (SSSR count). The molecule has 3 nitrogen and oxygen atoms in total. The van der Waals surface area contributed by atoms with Gasteiger partial charge in [-0.25, -0.2) is 0 Å². The first-order valence-corrected chi connectivity index (χ1v) is 7.09. The Hall–Kier alpha value is -2.09. The first-order valence-electron chi connectivity index (χ1n) is 5.83. The number of aryl methyl sites for hydroxylation is 1. The van der Waals surface area contributed by atoms with Crippen molar-refractivity contribution in [2.75, 3.05) is 5.32 Å². The summed E-state index contributed by atoms with van der Waals surface area (Å²) in [6.07, 6.45) is 1.59. The van der Waals surface area contributed by atoms with Crippen LogP contribution < -0.4 is 5.32 Å². The average Bonchev–Trinajstić information content (AvgIpc) is 2.84. The molecule has 0 aliphatic heterocycles. The maximum absolute atomic E-state index is 12.1. The first-order chi connectivity index (χ1) is 9.61. The maximum atomic E-state index is 12.1.